The fourth-order valence-electron chi connectivity index (χ4n) is 0.907. The first-order valence-corrected chi connectivity index (χ1v) is 3.71. The van der Waals surface area contributed by atoms with Gasteiger partial charge in [0, 0.05) is 17.9 Å². The van der Waals surface area contributed by atoms with Crippen LogP contribution in [0.15, 0.2) is 18.5 Å². The van der Waals surface area contributed by atoms with Gasteiger partial charge in [-0.2, -0.15) is 0 Å². The number of nitrogens with two attached hydrogens (primary N) is 1. The van der Waals surface area contributed by atoms with Crippen LogP contribution in [-0.2, 0) is 5.54 Å². The Balaban J connectivity index is 3.06. The van der Waals surface area contributed by atoms with Gasteiger partial charge in [0.25, 0.3) is 0 Å². The second-order valence-electron chi connectivity index (χ2n) is 3.47. The molecular formula is C9H14N2. The van der Waals surface area contributed by atoms with Crippen LogP contribution in [0, 0.1) is 6.92 Å². The van der Waals surface area contributed by atoms with E-state index in [4.69, 9.17) is 5.73 Å². The fourth-order valence-corrected chi connectivity index (χ4v) is 0.907. The molecule has 0 amide bonds. The molecule has 1 heterocycles. The Kier molecular flexibility index (Phi) is 1.96. The van der Waals surface area contributed by atoms with Gasteiger partial charge in [-0.1, -0.05) is 6.07 Å². The summed E-state index contributed by atoms with van der Waals surface area (Å²) in [6, 6.07) is 2.06. The van der Waals surface area contributed by atoms with Crippen molar-refractivity contribution < 1.29 is 0 Å². The predicted molar refractivity (Wildman–Crippen MR) is 46.2 cm³/mol. The molecule has 0 saturated carbocycles. The largest absolute Gasteiger partial charge is 0.322 e. The van der Waals surface area contributed by atoms with Crippen LogP contribution in [-0.4, -0.2) is 4.98 Å². The van der Waals surface area contributed by atoms with Gasteiger partial charge in [0.05, 0.1) is 0 Å². The lowest BCUT2D eigenvalue weighted by Gasteiger charge is -2.18. The van der Waals surface area contributed by atoms with Gasteiger partial charge in [0.1, 0.15) is 0 Å². The molecule has 1 rings (SSSR count). The molecule has 0 fully saturated rings. The average molecular weight is 150 g/mol. The molecule has 0 bridgehead atoms. The Morgan fingerprint density at radius 3 is 2.36 bits per heavy atom. The summed E-state index contributed by atoms with van der Waals surface area (Å²) in [4.78, 5) is 4.07. The number of hydrogen-bond donors (Lipinski definition) is 1. The topological polar surface area (TPSA) is 38.9 Å². The highest BCUT2D eigenvalue weighted by atomic mass is 14.7. The number of aryl methyl sites for hydroxylation is 1. The summed E-state index contributed by atoms with van der Waals surface area (Å²) in [7, 11) is 0. The van der Waals surface area contributed by atoms with Crippen molar-refractivity contribution in [2.75, 3.05) is 0 Å². The molecule has 0 unspecified atom stereocenters. The lowest BCUT2D eigenvalue weighted by Crippen LogP contribution is -2.28. The molecule has 0 aliphatic heterocycles. The summed E-state index contributed by atoms with van der Waals surface area (Å²) in [5.41, 5.74) is 7.84. The average Bonchev–Trinajstić information content (AvgIpc) is 1.86. The van der Waals surface area contributed by atoms with E-state index in [1.165, 1.54) is 0 Å². The standard InChI is InChI=1S/C9H14N2/c1-7-4-8(6-11-5-7)9(2,3)10/h4-6H,10H2,1-3H3. The third kappa shape index (κ3) is 2.02. The number of hydrogen-bond acceptors (Lipinski definition) is 2. The summed E-state index contributed by atoms with van der Waals surface area (Å²) >= 11 is 0. The molecule has 0 radical (unpaired) electrons. The molecule has 0 aromatic carbocycles. The zero-order valence-electron chi connectivity index (χ0n) is 7.26. The summed E-state index contributed by atoms with van der Waals surface area (Å²) in [6.07, 6.45) is 3.64. The molecule has 0 saturated heterocycles. The van der Waals surface area contributed by atoms with Crippen molar-refractivity contribution in [2.45, 2.75) is 26.3 Å². The molecule has 0 atom stereocenters. The van der Waals surface area contributed by atoms with Gasteiger partial charge in [0.2, 0.25) is 0 Å². The van der Waals surface area contributed by atoms with Gasteiger partial charge in [-0.05, 0) is 31.9 Å². The van der Waals surface area contributed by atoms with E-state index in [-0.39, 0.29) is 5.54 Å². The van der Waals surface area contributed by atoms with Crippen LogP contribution in [0.5, 0.6) is 0 Å². The van der Waals surface area contributed by atoms with Crippen LogP contribution < -0.4 is 5.73 Å². The third-order valence-corrected chi connectivity index (χ3v) is 1.62. The van der Waals surface area contributed by atoms with Gasteiger partial charge in [-0.3, -0.25) is 4.98 Å². The van der Waals surface area contributed by atoms with Crippen molar-refractivity contribution in [3.63, 3.8) is 0 Å². The summed E-state index contributed by atoms with van der Waals surface area (Å²) in [5.74, 6) is 0. The van der Waals surface area contributed by atoms with Crippen LogP contribution in [0.2, 0.25) is 0 Å². The minimum atomic E-state index is -0.279. The summed E-state index contributed by atoms with van der Waals surface area (Å²) < 4.78 is 0. The van der Waals surface area contributed by atoms with Gasteiger partial charge in [0.15, 0.2) is 0 Å². The van der Waals surface area contributed by atoms with Crippen molar-refractivity contribution in [1.29, 1.82) is 0 Å². The lowest BCUT2D eigenvalue weighted by molar-refractivity contribution is 0.551. The monoisotopic (exact) mass is 150 g/mol. The van der Waals surface area contributed by atoms with Gasteiger partial charge in [-0.15, -0.1) is 0 Å². The molecular weight excluding hydrogens is 136 g/mol. The Hall–Kier alpha value is -0.890. The molecule has 60 valence electrons. The summed E-state index contributed by atoms with van der Waals surface area (Å²) in [6.45, 7) is 5.97. The van der Waals surface area contributed by atoms with E-state index >= 15 is 0 Å². The first-order valence-electron chi connectivity index (χ1n) is 3.71. The molecule has 11 heavy (non-hydrogen) atoms. The van der Waals surface area contributed by atoms with E-state index in [1.807, 2.05) is 33.2 Å². The second-order valence-corrected chi connectivity index (χ2v) is 3.47. The Morgan fingerprint density at radius 1 is 1.36 bits per heavy atom. The number of aromatic nitrogens is 1. The molecule has 1 aromatic heterocycles. The van der Waals surface area contributed by atoms with E-state index < -0.39 is 0 Å². The molecule has 2 heteroatoms. The number of nitrogens with zero attached hydrogens (tertiary/aromatic N) is 1. The predicted octanol–water partition coefficient (Wildman–Crippen LogP) is 1.58. The smallest absolute Gasteiger partial charge is 0.0367 e. The Labute approximate surface area is 67.5 Å². The minimum absolute atomic E-state index is 0.279. The van der Waals surface area contributed by atoms with Gasteiger partial charge >= 0.3 is 0 Å². The molecule has 0 aliphatic carbocycles. The fraction of sp³-hybridized carbons (Fsp3) is 0.444. The van der Waals surface area contributed by atoms with Crippen molar-refractivity contribution >= 4 is 0 Å². The van der Waals surface area contributed by atoms with Crippen LogP contribution in [0.3, 0.4) is 0 Å². The van der Waals surface area contributed by atoms with E-state index in [2.05, 4.69) is 11.1 Å². The minimum Gasteiger partial charge on any atom is -0.322 e. The highest BCUT2D eigenvalue weighted by Gasteiger charge is 2.13. The third-order valence-electron chi connectivity index (χ3n) is 1.62. The van der Waals surface area contributed by atoms with Crippen LogP contribution in [0.25, 0.3) is 0 Å². The first-order chi connectivity index (χ1) is 5.00. The molecule has 0 aliphatic rings. The molecule has 2 nitrogen and oxygen atoms in total. The second kappa shape index (κ2) is 2.62. The van der Waals surface area contributed by atoms with Crippen LogP contribution in [0.1, 0.15) is 25.0 Å². The van der Waals surface area contributed by atoms with Crippen molar-refractivity contribution in [3.8, 4) is 0 Å². The van der Waals surface area contributed by atoms with E-state index in [1.54, 1.807) is 0 Å². The first kappa shape index (κ1) is 8.21. The highest BCUT2D eigenvalue weighted by Crippen LogP contribution is 2.15. The maximum atomic E-state index is 5.89. The zero-order valence-corrected chi connectivity index (χ0v) is 7.26. The van der Waals surface area contributed by atoms with Gasteiger partial charge in [-0.25, -0.2) is 0 Å². The van der Waals surface area contributed by atoms with Crippen LogP contribution >= 0.6 is 0 Å². The zero-order chi connectivity index (χ0) is 8.48. The van der Waals surface area contributed by atoms with Crippen LogP contribution in [0.4, 0.5) is 0 Å². The van der Waals surface area contributed by atoms with Crippen molar-refractivity contribution in [1.82, 2.24) is 4.98 Å². The maximum absolute atomic E-state index is 5.89. The van der Waals surface area contributed by atoms with E-state index in [0.717, 1.165) is 11.1 Å². The normalized spacial score (nSPS) is 11.6. The van der Waals surface area contributed by atoms with Crippen molar-refractivity contribution in [2.24, 2.45) is 5.73 Å². The lowest BCUT2D eigenvalue weighted by atomic mass is 9.97. The van der Waals surface area contributed by atoms with Gasteiger partial charge < -0.3 is 5.73 Å². The van der Waals surface area contributed by atoms with E-state index in [9.17, 15) is 0 Å². The van der Waals surface area contributed by atoms with E-state index in [0.29, 0.717) is 0 Å². The summed E-state index contributed by atoms with van der Waals surface area (Å²) in [5, 5.41) is 0. The molecule has 2 N–H and O–H groups in total. The maximum Gasteiger partial charge on any atom is 0.0367 e. The highest BCUT2D eigenvalue weighted by molar-refractivity contribution is 5.22. The van der Waals surface area contributed by atoms with Crippen molar-refractivity contribution in [3.05, 3.63) is 29.6 Å². The molecule has 1 aromatic rings. The Morgan fingerprint density at radius 2 is 2.00 bits per heavy atom. The SMILES string of the molecule is Cc1cncc(C(C)(C)N)c1. The molecule has 0 spiro atoms. The Bertz CT molecular complexity index is 248. The number of pyridine rings is 1. The quantitative estimate of drug-likeness (QED) is 0.660. The number of rotatable bonds is 1.